The number of piperidine rings is 1. The zero-order chi connectivity index (χ0) is 13.8. The quantitative estimate of drug-likeness (QED) is 0.906. The van der Waals surface area contributed by atoms with Gasteiger partial charge in [-0.05, 0) is 36.0 Å². The maximum Gasteiger partial charge on any atom is 0.118 e. The van der Waals surface area contributed by atoms with E-state index in [0.717, 1.165) is 30.7 Å². The topological polar surface area (TPSA) is 38.5 Å². The lowest BCUT2D eigenvalue weighted by Crippen LogP contribution is -2.43. The Labute approximate surface area is 116 Å². The van der Waals surface area contributed by atoms with Crippen LogP contribution in [-0.2, 0) is 0 Å². The minimum absolute atomic E-state index is 0.330. The molecule has 3 unspecified atom stereocenters. The summed E-state index contributed by atoms with van der Waals surface area (Å²) in [5.41, 5.74) is 7.32. The Morgan fingerprint density at radius 2 is 1.79 bits per heavy atom. The first-order valence-electron chi connectivity index (χ1n) is 7.22. The molecule has 106 valence electrons. The first-order chi connectivity index (χ1) is 9.13. The van der Waals surface area contributed by atoms with Crippen molar-refractivity contribution in [3.8, 4) is 5.75 Å². The highest BCUT2D eigenvalue weighted by Crippen LogP contribution is 2.29. The fraction of sp³-hybridized carbons (Fsp3) is 0.625. The number of hydrogen-bond donors (Lipinski definition) is 1. The number of rotatable bonds is 4. The van der Waals surface area contributed by atoms with Crippen LogP contribution in [0.2, 0.25) is 0 Å². The zero-order valence-corrected chi connectivity index (χ0v) is 12.3. The van der Waals surface area contributed by atoms with Gasteiger partial charge in [-0.2, -0.15) is 0 Å². The van der Waals surface area contributed by atoms with Gasteiger partial charge in [0.05, 0.1) is 7.11 Å². The van der Waals surface area contributed by atoms with E-state index in [4.69, 9.17) is 10.5 Å². The standard InChI is InChI=1S/C16H26N2O/c1-12-8-13(2)11-18(10-12)16(9-17)14-4-6-15(19-3)7-5-14/h4-7,12-13,16H,8-11,17H2,1-3H3. The number of likely N-dealkylation sites (tertiary alicyclic amines) is 1. The third kappa shape index (κ3) is 3.48. The molecule has 0 aliphatic carbocycles. The van der Waals surface area contributed by atoms with Gasteiger partial charge >= 0.3 is 0 Å². The smallest absolute Gasteiger partial charge is 0.118 e. The molecule has 3 atom stereocenters. The van der Waals surface area contributed by atoms with Gasteiger partial charge in [0.1, 0.15) is 5.75 Å². The summed E-state index contributed by atoms with van der Waals surface area (Å²) in [4.78, 5) is 2.54. The van der Waals surface area contributed by atoms with Crippen LogP contribution in [0.3, 0.4) is 0 Å². The van der Waals surface area contributed by atoms with Crippen molar-refractivity contribution in [3.63, 3.8) is 0 Å². The minimum Gasteiger partial charge on any atom is -0.497 e. The molecule has 0 radical (unpaired) electrons. The highest BCUT2D eigenvalue weighted by atomic mass is 16.5. The summed E-state index contributed by atoms with van der Waals surface area (Å²) in [5, 5.41) is 0. The molecule has 1 aromatic carbocycles. The summed E-state index contributed by atoms with van der Waals surface area (Å²) in [7, 11) is 1.70. The molecule has 1 heterocycles. The van der Waals surface area contributed by atoms with Crippen molar-refractivity contribution in [2.45, 2.75) is 26.3 Å². The predicted molar refractivity (Wildman–Crippen MR) is 79.3 cm³/mol. The molecule has 19 heavy (non-hydrogen) atoms. The van der Waals surface area contributed by atoms with E-state index in [1.807, 2.05) is 12.1 Å². The number of methoxy groups -OCH3 is 1. The molecule has 1 aliphatic rings. The Hall–Kier alpha value is -1.06. The third-order valence-electron chi connectivity index (χ3n) is 4.06. The molecule has 2 N–H and O–H groups in total. The van der Waals surface area contributed by atoms with Crippen molar-refractivity contribution < 1.29 is 4.74 Å². The van der Waals surface area contributed by atoms with E-state index >= 15 is 0 Å². The van der Waals surface area contributed by atoms with Crippen molar-refractivity contribution in [1.29, 1.82) is 0 Å². The molecular weight excluding hydrogens is 236 g/mol. The normalized spacial score (nSPS) is 26.1. The number of benzene rings is 1. The third-order valence-corrected chi connectivity index (χ3v) is 4.06. The molecule has 1 aromatic rings. The highest BCUT2D eigenvalue weighted by molar-refractivity contribution is 5.29. The zero-order valence-electron chi connectivity index (χ0n) is 12.3. The van der Waals surface area contributed by atoms with Crippen LogP contribution >= 0.6 is 0 Å². The summed E-state index contributed by atoms with van der Waals surface area (Å²) >= 11 is 0. The van der Waals surface area contributed by atoms with E-state index in [9.17, 15) is 0 Å². The lowest BCUT2D eigenvalue weighted by molar-refractivity contribution is 0.0984. The van der Waals surface area contributed by atoms with Crippen LogP contribution in [0, 0.1) is 11.8 Å². The molecule has 0 amide bonds. The van der Waals surface area contributed by atoms with Crippen molar-refractivity contribution in [1.82, 2.24) is 4.90 Å². The lowest BCUT2D eigenvalue weighted by atomic mass is 9.89. The van der Waals surface area contributed by atoms with Gasteiger partial charge in [0, 0.05) is 25.7 Å². The molecular formula is C16H26N2O. The van der Waals surface area contributed by atoms with Crippen LogP contribution in [-0.4, -0.2) is 31.6 Å². The highest BCUT2D eigenvalue weighted by Gasteiger charge is 2.27. The van der Waals surface area contributed by atoms with Gasteiger partial charge in [0.15, 0.2) is 0 Å². The fourth-order valence-electron chi connectivity index (χ4n) is 3.29. The second-order valence-corrected chi connectivity index (χ2v) is 5.92. The summed E-state index contributed by atoms with van der Waals surface area (Å²) < 4.78 is 5.22. The summed E-state index contributed by atoms with van der Waals surface area (Å²) in [6.07, 6.45) is 1.33. The number of nitrogens with two attached hydrogens (primary N) is 1. The summed E-state index contributed by atoms with van der Waals surface area (Å²) in [5.74, 6) is 2.42. The van der Waals surface area contributed by atoms with E-state index in [1.54, 1.807) is 7.11 Å². The minimum atomic E-state index is 0.330. The molecule has 0 saturated carbocycles. The Morgan fingerprint density at radius 3 is 2.26 bits per heavy atom. The average Bonchev–Trinajstić information content (AvgIpc) is 2.39. The summed E-state index contributed by atoms with van der Waals surface area (Å²) in [6.45, 7) is 7.65. The Kier molecular flexibility index (Phi) is 4.83. The first-order valence-corrected chi connectivity index (χ1v) is 7.22. The number of ether oxygens (including phenoxy) is 1. The van der Waals surface area contributed by atoms with Gasteiger partial charge in [-0.1, -0.05) is 26.0 Å². The van der Waals surface area contributed by atoms with Crippen LogP contribution in [0.25, 0.3) is 0 Å². The van der Waals surface area contributed by atoms with E-state index in [0.29, 0.717) is 12.6 Å². The largest absolute Gasteiger partial charge is 0.497 e. The lowest BCUT2D eigenvalue weighted by Gasteiger charge is -2.40. The Morgan fingerprint density at radius 1 is 1.21 bits per heavy atom. The Balaban J connectivity index is 2.13. The van der Waals surface area contributed by atoms with E-state index in [-0.39, 0.29) is 0 Å². The maximum atomic E-state index is 6.02. The molecule has 0 aromatic heterocycles. The average molecular weight is 262 g/mol. The fourth-order valence-corrected chi connectivity index (χ4v) is 3.29. The van der Waals surface area contributed by atoms with Crippen LogP contribution in [0.5, 0.6) is 5.75 Å². The van der Waals surface area contributed by atoms with Crippen molar-refractivity contribution in [2.75, 3.05) is 26.7 Å². The van der Waals surface area contributed by atoms with E-state index < -0.39 is 0 Å². The van der Waals surface area contributed by atoms with Crippen LogP contribution < -0.4 is 10.5 Å². The maximum absolute atomic E-state index is 6.02. The van der Waals surface area contributed by atoms with Gasteiger partial charge in [0.2, 0.25) is 0 Å². The molecule has 2 rings (SSSR count). The Bertz CT molecular complexity index is 380. The number of hydrogen-bond acceptors (Lipinski definition) is 3. The molecule has 0 bridgehead atoms. The van der Waals surface area contributed by atoms with Crippen LogP contribution in [0.4, 0.5) is 0 Å². The van der Waals surface area contributed by atoms with Gasteiger partial charge in [0.25, 0.3) is 0 Å². The van der Waals surface area contributed by atoms with Gasteiger partial charge in [-0.25, -0.2) is 0 Å². The molecule has 0 spiro atoms. The summed E-state index contributed by atoms with van der Waals surface area (Å²) in [6, 6.07) is 8.65. The van der Waals surface area contributed by atoms with Gasteiger partial charge < -0.3 is 10.5 Å². The first kappa shape index (κ1) is 14.4. The van der Waals surface area contributed by atoms with Crippen molar-refractivity contribution >= 4 is 0 Å². The SMILES string of the molecule is COc1ccc(C(CN)N2CC(C)CC(C)C2)cc1. The molecule has 1 aliphatic heterocycles. The second-order valence-electron chi connectivity index (χ2n) is 5.92. The van der Waals surface area contributed by atoms with Gasteiger partial charge in [-0.15, -0.1) is 0 Å². The van der Waals surface area contributed by atoms with Crippen LogP contribution in [0.15, 0.2) is 24.3 Å². The molecule has 1 fully saturated rings. The van der Waals surface area contributed by atoms with Crippen LogP contribution in [0.1, 0.15) is 31.9 Å². The monoisotopic (exact) mass is 262 g/mol. The van der Waals surface area contributed by atoms with E-state index in [1.165, 1.54) is 12.0 Å². The second kappa shape index (κ2) is 6.40. The molecule has 3 heteroatoms. The van der Waals surface area contributed by atoms with E-state index in [2.05, 4.69) is 30.9 Å². The van der Waals surface area contributed by atoms with Crippen molar-refractivity contribution in [2.24, 2.45) is 17.6 Å². The molecule has 1 saturated heterocycles. The number of nitrogens with zero attached hydrogens (tertiary/aromatic N) is 1. The molecule has 3 nitrogen and oxygen atoms in total. The predicted octanol–water partition coefficient (Wildman–Crippen LogP) is 2.67. The van der Waals surface area contributed by atoms with Crippen molar-refractivity contribution in [3.05, 3.63) is 29.8 Å². The van der Waals surface area contributed by atoms with Gasteiger partial charge in [-0.3, -0.25) is 4.90 Å².